The van der Waals surface area contributed by atoms with Crippen molar-refractivity contribution < 1.29 is 9.59 Å². The Kier molecular flexibility index (Phi) is 9.17. The molecule has 0 aliphatic rings. The summed E-state index contributed by atoms with van der Waals surface area (Å²) in [6, 6.07) is 53.0. The van der Waals surface area contributed by atoms with Gasteiger partial charge in [-0.25, -0.2) is 0 Å². The molecule has 0 heterocycles. The molecule has 0 spiro atoms. The second-order valence-corrected chi connectivity index (χ2v) is 11.3. The van der Waals surface area contributed by atoms with Gasteiger partial charge in [-0.1, -0.05) is 91.3 Å². The lowest BCUT2D eigenvalue weighted by Gasteiger charge is -2.28. The van der Waals surface area contributed by atoms with Gasteiger partial charge in [-0.2, -0.15) is 0 Å². The average Bonchev–Trinajstić information content (AvgIpc) is 3.11. The Bertz CT molecular complexity index is 1920. The lowest BCUT2D eigenvalue weighted by atomic mass is 9.99. The monoisotopic (exact) mass is 600 g/mol. The van der Waals surface area contributed by atoms with Crippen LogP contribution in [0, 0.1) is 6.92 Å². The molecule has 0 atom stereocenters. The number of Topliss-reactive ketones (excluding diaryl/α,β-unsaturated/α-hetero) is 2. The fourth-order valence-electron chi connectivity index (χ4n) is 5.61. The van der Waals surface area contributed by atoms with Crippen LogP contribution in [-0.4, -0.2) is 11.6 Å². The van der Waals surface area contributed by atoms with Crippen LogP contribution in [0.15, 0.2) is 158 Å². The van der Waals surface area contributed by atoms with Crippen LogP contribution in [0.2, 0.25) is 0 Å². The minimum absolute atomic E-state index is 0.00875. The molecule has 0 radical (unpaired) electrons. The maximum Gasteiger partial charge on any atom is 0.167 e. The molecule has 0 aliphatic carbocycles. The van der Waals surface area contributed by atoms with E-state index in [1.54, 1.807) is 24.3 Å². The van der Waals surface area contributed by atoms with Crippen molar-refractivity contribution in [3.05, 3.63) is 180 Å². The zero-order valence-corrected chi connectivity index (χ0v) is 26.1. The number of carbonyl (C=O) groups is 2. The van der Waals surface area contributed by atoms with Crippen molar-refractivity contribution in [2.24, 2.45) is 0 Å². The van der Waals surface area contributed by atoms with Crippen LogP contribution in [0.3, 0.4) is 0 Å². The van der Waals surface area contributed by atoms with Crippen molar-refractivity contribution >= 4 is 45.7 Å². The maximum absolute atomic E-state index is 13.1. The standard InChI is InChI=1S/C42H36N2O2/c1-3-41(45)33-11-10-12-34(30-33)42(46)29-32-19-23-38(24-20-32)44(36-15-8-5-9-16-36)40-27-25-39(26-28-40)43(35-13-6-4-7-14-35)37-21-17-31(2)18-22-37/h4-28,30H,3,29H2,1-2H3. The van der Waals surface area contributed by atoms with Gasteiger partial charge >= 0.3 is 0 Å². The Labute approximate surface area is 271 Å². The SMILES string of the molecule is CCC(=O)c1cccc(C(=O)Cc2ccc(N(c3ccccc3)c3ccc(N(c4ccccc4)c4ccc(C)cc4)cc3)cc2)c1. The smallest absolute Gasteiger partial charge is 0.167 e. The van der Waals surface area contributed by atoms with Crippen LogP contribution in [0.5, 0.6) is 0 Å². The fourth-order valence-corrected chi connectivity index (χ4v) is 5.61. The Morgan fingerprint density at radius 2 is 0.848 bits per heavy atom. The summed E-state index contributed by atoms with van der Waals surface area (Å²) in [5.74, 6) is 0.0292. The van der Waals surface area contributed by atoms with Crippen LogP contribution in [0.4, 0.5) is 34.1 Å². The summed E-state index contributed by atoms with van der Waals surface area (Å²) >= 11 is 0. The number of rotatable bonds is 11. The van der Waals surface area contributed by atoms with Gasteiger partial charge in [0.2, 0.25) is 0 Å². The highest BCUT2D eigenvalue weighted by Crippen LogP contribution is 2.39. The molecule has 0 N–H and O–H groups in total. The predicted octanol–water partition coefficient (Wildman–Crippen LogP) is 11.0. The maximum atomic E-state index is 13.1. The molecule has 0 fully saturated rings. The number of hydrogen-bond donors (Lipinski definition) is 0. The van der Waals surface area contributed by atoms with Crippen molar-refractivity contribution in [1.29, 1.82) is 0 Å². The van der Waals surface area contributed by atoms with E-state index in [0.29, 0.717) is 17.5 Å². The highest BCUT2D eigenvalue weighted by molar-refractivity contribution is 6.02. The molecule has 0 amide bonds. The van der Waals surface area contributed by atoms with Crippen LogP contribution in [0.1, 0.15) is 45.2 Å². The van der Waals surface area contributed by atoms with Gasteiger partial charge in [0.25, 0.3) is 0 Å². The van der Waals surface area contributed by atoms with E-state index in [9.17, 15) is 9.59 Å². The topological polar surface area (TPSA) is 40.6 Å². The van der Waals surface area contributed by atoms with Gasteiger partial charge < -0.3 is 9.80 Å². The van der Waals surface area contributed by atoms with E-state index < -0.39 is 0 Å². The van der Waals surface area contributed by atoms with E-state index >= 15 is 0 Å². The van der Waals surface area contributed by atoms with Crippen molar-refractivity contribution in [2.45, 2.75) is 26.7 Å². The minimum Gasteiger partial charge on any atom is -0.311 e. The van der Waals surface area contributed by atoms with Crippen molar-refractivity contribution in [3.63, 3.8) is 0 Å². The van der Waals surface area contributed by atoms with Crippen molar-refractivity contribution in [2.75, 3.05) is 9.80 Å². The quantitative estimate of drug-likeness (QED) is 0.139. The second kappa shape index (κ2) is 13.9. The summed E-state index contributed by atoms with van der Waals surface area (Å²) in [6.45, 7) is 3.93. The van der Waals surface area contributed by atoms with Gasteiger partial charge in [0.1, 0.15) is 0 Å². The van der Waals surface area contributed by atoms with E-state index in [1.807, 2.05) is 43.3 Å². The third-order valence-electron chi connectivity index (χ3n) is 8.07. The Morgan fingerprint density at radius 1 is 0.457 bits per heavy atom. The second-order valence-electron chi connectivity index (χ2n) is 11.3. The van der Waals surface area contributed by atoms with Crippen LogP contribution >= 0.6 is 0 Å². The van der Waals surface area contributed by atoms with Crippen molar-refractivity contribution in [3.8, 4) is 0 Å². The van der Waals surface area contributed by atoms with E-state index in [1.165, 1.54) is 5.56 Å². The zero-order chi connectivity index (χ0) is 31.9. The third kappa shape index (κ3) is 6.82. The van der Waals surface area contributed by atoms with Gasteiger partial charge in [-0.3, -0.25) is 9.59 Å². The number of carbonyl (C=O) groups excluding carboxylic acids is 2. The molecule has 6 aromatic rings. The van der Waals surface area contributed by atoms with Gasteiger partial charge in [0.05, 0.1) is 0 Å². The first-order valence-electron chi connectivity index (χ1n) is 15.6. The molecule has 0 aliphatic heterocycles. The molecule has 0 saturated carbocycles. The summed E-state index contributed by atoms with van der Waals surface area (Å²) in [7, 11) is 0. The van der Waals surface area contributed by atoms with Crippen LogP contribution in [0.25, 0.3) is 0 Å². The Morgan fingerprint density at radius 3 is 1.30 bits per heavy atom. The highest BCUT2D eigenvalue weighted by Gasteiger charge is 2.17. The molecule has 0 bridgehead atoms. The number of benzene rings is 6. The summed E-state index contributed by atoms with van der Waals surface area (Å²) in [5, 5.41) is 0. The van der Waals surface area contributed by atoms with Gasteiger partial charge in [0, 0.05) is 58.1 Å². The molecular formula is C42H36N2O2. The van der Waals surface area contributed by atoms with Crippen LogP contribution < -0.4 is 9.80 Å². The Balaban J connectivity index is 1.29. The van der Waals surface area contributed by atoms with Crippen molar-refractivity contribution in [1.82, 2.24) is 0 Å². The number of nitrogens with zero attached hydrogens (tertiary/aromatic N) is 2. The molecular weight excluding hydrogens is 564 g/mol. The van der Waals surface area contributed by atoms with E-state index in [-0.39, 0.29) is 18.0 Å². The van der Waals surface area contributed by atoms with Gasteiger partial charge in [0.15, 0.2) is 11.6 Å². The number of hydrogen-bond acceptors (Lipinski definition) is 4. The lowest BCUT2D eigenvalue weighted by molar-refractivity contribution is 0.0988. The fraction of sp³-hybridized carbons (Fsp3) is 0.0952. The number of anilines is 6. The van der Waals surface area contributed by atoms with Crippen LogP contribution in [-0.2, 0) is 6.42 Å². The number of aryl methyl sites for hydroxylation is 1. The molecule has 4 nitrogen and oxygen atoms in total. The first-order chi connectivity index (χ1) is 22.5. The van der Waals surface area contributed by atoms with Gasteiger partial charge in [-0.05, 0) is 91.3 Å². The Hall–Kier alpha value is -5.74. The largest absolute Gasteiger partial charge is 0.311 e. The number of ketones is 2. The number of para-hydroxylation sites is 2. The molecule has 46 heavy (non-hydrogen) atoms. The molecule has 4 heteroatoms. The third-order valence-corrected chi connectivity index (χ3v) is 8.07. The van der Waals surface area contributed by atoms with E-state index in [0.717, 1.165) is 39.7 Å². The summed E-state index contributed by atoms with van der Waals surface area (Å²) < 4.78 is 0. The average molecular weight is 601 g/mol. The summed E-state index contributed by atoms with van der Waals surface area (Å²) in [5.41, 5.74) is 9.58. The lowest BCUT2D eigenvalue weighted by Crippen LogP contribution is -2.12. The summed E-state index contributed by atoms with van der Waals surface area (Å²) in [4.78, 5) is 29.8. The highest BCUT2D eigenvalue weighted by atomic mass is 16.1. The summed E-state index contributed by atoms with van der Waals surface area (Å²) in [6.07, 6.45) is 0.677. The van der Waals surface area contributed by atoms with E-state index in [2.05, 4.69) is 114 Å². The molecule has 0 aromatic heterocycles. The molecule has 6 aromatic carbocycles. The first-order valence-corrected chi connectivity index (χ1v) is 15.6. The first kappa shape index (κ1) is 30.3. The minimum atomic E-state index is -0.00875. The molecule has 6 rings (SSSR count). The normalized spacial score (nSPS) is 10.7. The molecule has 0 saturated heterocycles. The predicted molar refractivity (Wildman–Crippen MR) is 190 cm³/mol. The zero-order valence-electron chi connectivity index (χ0n) is 26.1. The van der Waals surface area contributed by atoms with E-state index in [4.69, 9.17) is 0 Å². The molecule has 0 unspecified atom stereocenters. The van der Waals surface area contributed by atoms with Gasteiger partial charge in [-0.15, -0.1) is 0 Å². The molecule has 226 valence electrons.